The molecule has 0 aromatic heterocycles. The Hall–Kier alpha value is -1.79. The molecule has 0 aromatic rings. The molecule has 2 fully saturated rings. The third-order valence-corrected chi connectivity index (χ3v) is 3.77. The lowest BCUT2D eigenvalue weighted by Crippen LogP contribution is -2.49. The summed E-state index contributed by atoms with van der Waals surface area (Å²) in [6.45, 7) is 8.99. The van der Waals surface area contributed by atoms with Crippen LogP contribution in [-0.4, -0.2) is 46.9 Å². The number of nitrogens with zero attached hydrogens (tertiary/aromatic N) is 1. The number of amides is 1. The lowest BCUT2D eigenvalue weighted by molar-refractivity contribution is -0.240. The zero-order valence-electron chi connectivity index (χ0n) is 14.4. The van der Waals surface area contributed by atoms with Gasteiger partial charge in [0.15, 0.2) is 5.92 Å². The van der Waals surface area contributed by atoms with Crippen molar-refractivity contribution in [2.24, 2.45) is 5.92 Å². The van der Waals surface area contributed by atoms with E-state index >= 15 is 0 Å². The third kappa shape index (κ3) is 4.36. The Morgan fingerprint density at radius 1 is 1.26 bits per heavy atom. The Balaban J connectivity index is 2.03. The third-order valence-electron chi connectivity index (χ3n) is 3.77. The van der Waals surface area contributed by atoms with Crippen molar-refractivity contribution in [3.8, 4) is 0 Å². The second-order valence-electron chi connectivity index (χ2n) is 7.50. The number of likely N-dealkylation sites (tertiary alicyclic amines) is 1. The van der Waals surface area contributed by atoms with E-state index in [1.165, 1.54) is 13.8 Å². The van der Waals surface area contributed by atoms with Crippen LogP contribution in [0.15, 0.2) is 0 Å². The number of hydrogen-bond donors (Lipinski definition) is 0. The summed E-state index contributed by atoms with van der Waals surface area (Å²) in [5.74, 6) is -3.41. The summed E-state index contributed by atoms with van der Waals surface area (Å²) in [4.78, 5) is 38.0. The van der Waals surface area contributed by atoms with Gasteiger partial charge in [0.05, 0.1) is 0 Å². The zero-order valence-corrected chi connectivity index (χ0v) is 14.4. The van der Waals surface area contributed by atoms with Crippen LogP contribution in [0.2, 0.25) is 0 Å². The fourth-order valence-corrected chi connectivity index (χ4v) is 2.85. The second-order valence-corrected chi connectivity index (χ2v) is 7.50. The maximum Gasteiger partial charge on any atom is 0.410 e. The first kappa shape index (κ1) is 17.6. The molecule has 0 unspecified atom stereocenters. The van der Waals surface area contributed by atoms with Gasteiger partial charge < -0.3 is 19.1 Å². The molecule has 130 valence electrons. The topological polar surface area (TPSA) is 82.1 Å². The molecule has 1 atom stereocenters. The van der Waals surface area contributed by atoms with Crippen molar-refractivity contribution in [3.63, 3.8) is 0 Å². The summed E-state index contributed by atoms with van der Waals surface area (Å²) in [5, 5.41) is 0. The minimum Gasteiger partial charge on any atom is -0.444 e. The van der Waals surface area contributed by atoms with Gasteiger partial charge in [-0.05, 0) is 40.0 Å². The largest absolute Gasteiger partial charge is 0.444 e. The van der Waals surface area contributed by atoms with E-state index in [0.717, 1.165) is 12.8 Å². The molecule has 0 aromatic carbocycles. The lowest BCUT2D eigenvalue weighted by atomic mass is 9.97. The molecule has 2 rings (SSSR count). The molecule has 0 N–H and O–H groups in total. The maximum absolute atomic E-state index is 12.3. The van der Waals surface area contributed by atoms with Crippen molar-refractivity contribution < 1.29 is 28.6 Å². The van der Waals surface area contributed by atoms with Gasteiger partial charge in [-0.3, -0.25) is 9.59 Å². The number of esters is 2. The van der Waals surface area contributed by atoms with Crippen LogP contribution in [0.4, 0.5) is 4.79 Å². The Morgan fingerprint density at radius 3 is 2.35 bits per heavy atom. The van der Waals surface area contributed by atoms with E-state index in [0.29, 0.717) is 6.54 Å². The van der Waals surface area contributed by atoms with E-state index in [1.807, 2.05) is 0 Å². The highest BCUT2D eigenvalue weighted by Gasteiger charge is 2.46. The molecule has 2 heterocycles. The predicted octanol–water partition coefficient (Wildman–Crippen LogP) is 2.23. The van der Waals surface area contributed by atoms with Gasteiger partial charge in [-0.25, -0.2) is 4.79 Å². The maximum atomic E-state index is 12.3. The molecule has 0 aliphatic carbocycles. The molecule has 0 spiro atoms. The number of rotatable bonds is 2. The molecule has 0 radical (unpaired) electrons. The molecule has 7 heteroatoms. The molecule has 2 saturated heterocycles. The number of carbonyl (C=O) groups is 3. The molecule has 2 aliphatic heterocycles. The van der Waals surface area contributed by atoms with E-state index in [2.05, 4.69) is 0 Å². The van der Waals surface area contributed by atoms with Crippen molar-refractivity contribution in [1.82, 2.24) is 4.90 Å². The average Bonchev–Trinajstić information content (AvgIpc) is 2.78. The van der Waals surface area contributed by atoms with Crippen LogP contribution >= 0.6 is 0 Å². The van der Waals surface area contributed by atoms with Gasteiger partial charge in [-0.1, -0.05) is 0 Å². The van der Waals surface area contributed by atoms with E-state index in [1.54, 1.807) is 25.7 Å². The SMILES string of the molecule is CC(C)(C)OC(=O)N1CCC[C@H]1CC1C(=O)OC(C)(C)OC1=O. The van der Waals surface area contributed by atoms with Gasteiger partial charge in [-0.2, -0.15) is 0 Å². The van der Waals surface area contributed by atoms with Crippen LogP contribution in [0.1, 0.15) is 53.9 Å². The molecule has 23 heavy (non-hydrogen) atoms. The first-order valence-corrected chi connectivity index (χ1v) is 7.94. The molecule has 2 aliphatic rings. The summed E-state index contributed by atoms with van der Waals surface area (Å²) in [7, 11) is 0. The van der Waals surface area contributed by atoms with Crippen LogP contribution in [0, 0.1) is 5.92 Å². The number of carbonyl (C=O) groups excluding carboxylic acids is 3. The quantitative estimate of drug-likeness (QED) is 0.571. The highest BCUT2D eigenvalue weighted by Crippen LogP contribution is 2.31. The summed E-state index contributed by atoms with van der Waals surface area (Å²) in [5.41, 5.74) is -0.586. The van der Waals surface area contributed by atoms with Gasteiger partial charge in [0.1, 0.15) is 5.60 Å². The van der Waals surface area contributed by atoms with Gasteiger partial charge in [0.2, 0.25) is 0 Å². The molecular weight excluding hydrogens is 302 g/mol. The molecule has 7 nitrogen and oxygen atoms in total. The Morgan fingerprint density at radius 2 is 1.83 bits per heavy atom. The van der Waals surface area contributed by atoms with E-state index in [9.17, 15) is 14.4 Å². The minimum atomic E-state index is -1.23. The smallest absolute Gasteiger partial charge is 0.410 e. The number of hydrogen-bond acceptors (Lipinski definition) is 6. The lowest BCUT2D eigenvalue weighted by Gasteiger charge is -2.35. The van der Waals surface area contributed by atoms with Crippen molar-refractivity contribution >= 4 is 18.0 Å². The van der Waals surface area contributed by atoms with Crippen LogP contribution in [0.25, 0.3) is 0 Å². The summed E-state index contributed by atoms with van der Waals surface area (Å²) < 4.78 is 15.6. The first-order chi connectivity index (χ1) is 10.5. The average molecular weight is 327 g/mol. The van der Waals surface area contributed by atoms with Gasteiger partial charge in [0, 0.05) is 26.4 Å². The van der Waals surface area contributed by atoms with Crippen LogP contribution in [-0.2, 0) is 23.8 Å². The Kier molecular flexibility index (Phi) is 4.59. The Labute approximate surface area is 136 Å². The highest BCUT2D eigenvalue weighted by molar-refractivity contribution is 5.96. The van der Waals surface area contributed by atoms with E-state index in [4.69, 9.17) is 14.2 Å². The van der Waals surface area contributed by atoms with Crippen LogP contribution in [0.5, 0.6) is 0 Å². The minimum absolute atomic E-state index is 0.201. The van der Waals surface area contributed by atoms with Crippen LogP contribution in [0.3, 0.4) is 0 Å². The van der Waals surface area contributed by atoms with E-state index < -0.39 is 35.3 Å². The van der Waals surface area contributed by atoms with E-state index in [-0.39, 0.29) is 12.5 Å². The summed E-state index contributed by atoms with van der Waals surface area (Å²) in [6.07, 6.45) is 1.32. The normalized spacial score (nSPS) is 25.1. The van der Waals surface area contributed by atoms with Crippen molar-refractivity contribution in [2.75, 3.05) is 6.54 Å². The van der Waals surface area contributed by atoms with Crippen molar-refractivity contribution in [2.45, 2.75) is 71.3 Å². The van der Waals surface area contributed by atoms with Gasteiger partial charge in [0.25, 0.3) is 5.79 Å². The molecule has 0 saturated carbocycles. The standard InChI is InChI=1S/C16H25NO6/c1-15(2,3)23-14(20)17-8-6-7-10(17)9-11-12(18)21-16(4,5)22-13(11)19/h10-11H,6-9H2,1-5H3/t10-/m0/s1. The first-order valence-electron chi connectivity index (χ1n) is 7.94. The number of ether oxygens (including phenoxy) is 3. The zero-order chi connectivity index (χ0) is 17.4. The summed E-state index contributed by atoms with van der Waals surface area (Å²) in [6, 6.07) is -0.226. The van der Waals surface area contributed by atoms with Gasteiger partial charge >= 0.3 is 18.0 Å². The molecule has 0 bridgehead atoms. The molecular formula is C16H25NO6. The fourth-order valence-electron chi connectivity index (χ4n) is 2.85. The van der Waals surface area contributed by atoms with Gasteiger partial charge in [-0.15, -0.1) is 0 Å². The second kappa shape index (κ2) is 6.02. The predicted molar refractivity (Wildman–Crippen MR) is 80.3 cm³/mol. The monoisotopic (exact) mass is 327 g/mol. The summed E-state index contributed by atoms with van der Waals surface area (Å²) >= 11 is 0. The number of cyclic esters (lactones) is 2. The molecule has 1 amide bonds. The fraction of sp³-hybridized carbons (Fsp3) is 0.812. The Bertz CT molecular complexity index is 487. The van der Waals surface area contributed by atoms with Crippen LogP contribution < -0.4 is 0 Å². The van der Waals surface area contributed by atoms with Crippen molar-refractivity contribution in [3.05, 3.63) is 0 Å². The highest BCUT2D eigenvalue weighted by atomic mass is 16.7. The van der Waals surface area contributed by atoms with Crippen molar-refractivity contribution in [1.29, 1.82) is 0 Å².